The van der Waals surface area contributed by atoms with Gasteiger partial charge in [0.2, 0.25) is 5.91 Å². The zero-order valence-corrected chi connectivity index (χ0v) is 15.1. The largest absolute Gasteiger partial charge is 0.311 e. The quantitative estimate of drug-likeness (QED) is 0.868. The summed E-state index contributed by atoms with van der Waals surface area (Å²) in [5.41, 5.74) is 0. The lowest BCUT2D eigenvalue weighted by Crippen LogP contribution is -2.48. The molecule has 2 aliphatic rings. The van der Waals surface area contributed by atoms with Gasteiger partial charge in [-0.3, -0.25) is 9.69 Å². The number of piperazine rings is 1. The molecule has 6 heteroatoms. The molecule has 1 N–H and O–H groups in total. The molecule has 1 aliphatic heterocycles. The highest BCUT2D eigenvalue weighted by molar-refractivity contribution is 5.89. The number of carbonyl (C=O) groups is 1. The van der Waals surface area contributed by atoms with Crippen LogP contribution in [0.1, 0.15) is 51.5 Å². The maximum atomic E-state index is 12.3. The predicted molar refractivity (Wildman–Crippen MR) is 96.1 cm³/mol. The molecule has 2 heterocycles. The number of anilines is 1. The van der Waals surface area contributed by atoms with Gasteiger partial charge in [-0.1, -0.05) is 12.8 Å². The Morgan fingerprint density at radius 1 is 1.29 bits per heavy atom. The maximum Gasteiger partial charge on any atom is 0.225 e. The molecule has 0 aromatic carbocycles. The number of hydrogen-bond donors (Lipinski definition) is 1. The van der Waals surface area contributed by atoms with E-state index < -0.39 is 0 Å². The van der Waals surface area contributed by atoms with Crippen LogP contribution in [0.15, 0.2) is 12.3 Å². The minimum atomic E-state index is 0.107. The summed E-state index contributed by atoms with van der Waals surface area (Å²) in [6.07, 6.45) is 8.15. The first-order valence-corrected chi connectivity index (χ1v) is 9.39. The molecular weight excluding hydrogens is 302 g/mol. The van der Waals surface area contributed by atoms with Crippen molar-refractivity contribution in [3.05, 3.63) is 12.3 Å². The van der Waals surface area contributed by atoms with Crippen molar-refractivity contribution in [2.24, 2.45) is 0 Å². The Hall–Kier alpha value is -1.40. The lowest BCUT2D eigenvalue weighted by Gasteiger charge is -2.36. The molecule has 1 aromatic rings. The summed E-state index contributed by atoms with van der Waals surface area (Å²) in [6, 6.07) is 2.84. The second kappa shape index (κ2) is 8.12. The fourth-order valence-corrected chi connectivity index (χ4v) is 3.84. The summed E-state index contributed by atoms with van der Waals surface area (Å²) in [5.74, 6) is 0.967. The van der Waals surface area contributed by atoms with Gasteiger partial charge in [0.25, 0.3) is 0 Å². The summed E-state index contributed by atoms with van der Waals surface area (Å²) in [5, 5.41) is 7.48. The second-order valence-electron chi connectivity index (χ2n) is 7.37. The van der Waals surface area contributed by atoms with Crippen molar-refractivity contribution in [3.8, 4) is 0 Å². The molecule has 0 bridgehead atoms. The summed E-state index contributed by atoms with van der Waals surface area (Å²) >= 11 is 0. The minimum absolute atomic E-state index is 0.107. The van der Waals surface area contributed by atoms with Crippen LogP contribution in [0.2, 0.25) is 0 Å². The Kier molecular flexibility index (Phi) is 5.89. The Bertz CT molecular complexity index is 529. The third-order valence-electron chi connectivity index (χ3n) is 5.56. The zero-order chi connectivity index (χ0) is 16.9. The van der Waals surface area contributed by atoms with Gasteiger partial charge in [-0.15, -0.1) is 0 Å². The van der Waals surface area contributed by atoms with Crippen LogP contribution in [-0.4, -0.2) is 64.8 Å². The lowest BCUT2D eigenvalue weighted by molar-refractivity contribution is -0.116. The summed E-state index contributed by atoms with van der Waals surface area (Å²) in [6.45, 7) is 6.69. The van der Waals surface area contributed by atoms with Crippen LogP contribution in [0.5, 0.6) is 0 Å². The van der Waals surface area contributed by atoms with E-state index in [-0.39, 0.29) is 5.91 Å². The van der Waals surface area contributed by atoms with E-state index in [0.717, 1.165) is 38.4 Å². The molecule has 1 atom stereocenters. The number of hydrogen-bond acceptors (Lipinski definition) is 4. The fraction of sp³-hybridized carbons (Fsp3) is 0.778. The Morgan fingerprint density at radius 3 is 2.71 bits per heavy atom. The molecule has 2 fully saturated rings. The van der Waals surface area contributed by atoms with E-state index in [1.165, 1.54) is 25.7 Å². The SMILES string of the molecule is CC(CCC(=O)Nc1ccnn1C1CCCC1)N1CCN(C)CC1. The molecule has 1 amide bonds. The second-order valence-corrected chi connectivity index (χ2v) is 7.37. The molecule has 3 rings (SSSR count). The van der Waals surface area contributed by atoms with Crippen molar-refractivity contribution in [1.82, 2.24) is 19.6 Å². The van der Waals surface area contributed by atoms with Crippen molar-refractivity contribution in [3.63, 3.8) is 0 Å². The topological polar surface area (TPSA) is 53.4 Å². The number of likely N-dealkylation sites (N-methyl/N-ethyl adjacent to an activating group) is 1. The summed E-state index contributed by atoms with van der Waals surface area (Å²) in [7, 11) is 2.17. The van der Waals surface area contributed by atoms with Crippen molar-refractivity contribution < 1.29 is 4.79 Å². The Balaban J connectivity index is 1.45. The lowest BCUT2D eigenvalue weighted by atomic mass is 10.1. The van der Waals surface area contributed by atoms with Gasteiger partial charge < -0.3 is 10.2 Å². The molecular formula is C18H31N5O. The zero-order valence-electron chi connectivity index (χ0n) is 15.1. The van der Waals surface area contributed by atoms with Crippen molar-refractivity contribution in [1.29, 1.82) is 0 Å². The highest BCUT2D eigenvalue weighted by Gasteiger charge is 2.22. The van der Waals surface area contributed by atoms with Gasteiger partial charge in [0, 0.05) is 44.7 Å². The monoisotopic (exact) mass is 333 g/mol. The third kappa shape index (κ3) is 4.36. The van der Waals surface area contributed by atoms with Crippen LogP contribution < -0.4 is 5.32 Å². The van der Waals surface area contributed by atoms with E-state index in [1.54, 1.807) is 6.20 Å². The van der Waals surface area contributed by atoms with Gasteiger partial charge in [0.05, 0.1) is 12.2 Å². The van der Waals surface area contributed by atoms with Crippen LogP contribution in [0.25, 0.3) is 0 Å². The number of nitrogens with zero attached hydrogens (tertiary/aromatic N) is 4. The van der Waals surface area contributed by atoms with Gasteiger partial charge in [0.1, 0.15) is 5.82 Å². The van der Waals surface area contributed by atoms with E-state index in [0.29, 0.717) is 18.5 Å². The number of nitrogens with one attached hydrogen (secondary N) is 1. The first kappa shape index (κ1) is 17.4. The van der Waals surface area contributed by atoms with Crippen molar-refractivity contribution >= 4 is 11.7 Å². The molecule has 134 valence electrons. The van der Waals surface area contributed by atoms with Crippen LogP contribution >= 0.6 is 0 Å². The first-order chi connectivity index (χ1) is 11.6. The van der Waals surface area contributed by atoms with Gasteiger partial charge in [-0.2, -0.15) is 5.10 Å². The van der Waals surface area contributed by atoms with Gasteiger partial charge >= 0.3 is 0 Å². The summed E-state index contributed by atoms with van der Waals surface area (Å²) in [4.78, 5) is 17.2. The smallest absolute Gasteiger partial charge is 0.225 e. The number of aromatic nitrogens is 2. The maximum absolute atomic E-state index is 12.3. The number of carbonyl (C=O) groups excluding carboxylic acids is 1. The van der Waals surface area contributed by atoms with E-state index in [4.69, 9.17) is 0 Å². The predicted octanol–water partition coefficient (Wildman–Crippen LogP) is 2.35. The van der Waals surface area contributed by atoms with Gasteiger partial charge in [0.15, 0.2) is 0 Å². The van der Waals surface area contributed by atoms with Gasteiger partial charge in [-0.05, 0) is 33.2 Å². The molecule has 1 aliphatic carbocycles. The molecule has 1 aromatic heterocycles. The average molecular weight is 333 g/mol. The fourth-order valence-electron chi connectivity index (χ4n) is 3.84. The third-order valence-corrected chi connectivity index (χ3v) is 5.56. The highest BCUT2D eigenvalue weighted by Crippen LogP contribution is 2.31. The molecule has 0 radical (unpaired) electrons. The van der Waals surface area contributed by atoms with Crippen LogP contribution in [0, 0.1) is 0 Å². The van der Waals surface area contributed by atoms with E-state index in [1.807, 2.05) is 10.7 Å². The minimum Gasteiger partial charge on any atom is -0.311 e. The molecule has 1 saturated carbocycles. The van der Waals surface area contributed by atoms with Crippen LogP contribution in [0.4, 0.5) is 5.82 Å². The molecule has 1 unspecified atom stereocenters. The number of rotatable bonds is 6. The van der Waals surface area contributed by atoms with E-state index in [2.05, 4.69) is 34.2 Å². The Morgan fingerprint density at radius 2 is 2.00 bits per heavy atom. The molecule has 0 spiro atoms. The summed E-state index contributed by atoms with van der Waals surface area (Å²) < 4.78 is 2.01. The van der Waals surface area contributed by atoms with Crippen molar-refractivity contribution in [2.45, 2.75) is 57.5 Å². The normalized spacial score (nSPS) is 21.9. The molecule has 6 nitrogen and oxygen atoms in total. The van der Waals surface area contributed by atoms with E-state index >= 15 is 0 Å². The molecule has 1 saturated heterocycles. The van der Waals surface area contributed by atoms with Crippen LogP contribution in [0.3, 0.4) is 0 Å². The first-order valence-electron chi connectivity index (χ1n) is 9.39. The molecule has 24 heavy (non-hydrogen) atoms. The van der Waals surface area contributed by atoms with Crippen LogP contribution in [-0.2, 0) is 4.79 Å². The standard InChI is InChI=1S/C18H31N5O/c1-15(22-13-11-21(2)12-14-22)7-8-18(24)20-17-9-10-19-23(17)16-5-3-4-6-16/h9-10,15-16H,3-8,11-14H2,1-2H3,(H,20,24). The van der Waals surface area contributed by atoms with Gasteiger partial charge in [-0.25, -0.2) is 4.68 Å². The average Bonchev–Trinajstić information content (AvgIpc) is 3.24. The van der Waals surface area contributed by atoms with E-state index in [9.17, 15) is 4.79 Å². The Labute approximate surface area is 145 Å². The highest BCUT2D eigenvalue weighted by atomic mass is 16.1. The number of amides is 1. The van der Waals surface area contributed by atoms with Crippen molar-refractivity contribution in [2.75, 3.05) is 38.5 Å².